The van der Waals surface area contributed by atoms with E-state index in [0.717, 1.165) is 0 Å². The summed E-state index contributed by atoms with van der Waals surface area (Å²) in [7, 11) is 0. The first-order valence-corrected chi connectivity index (χ1v) is 6.37. The second kappa shape index (κ2) is 5.70. The summed E-state index contributed by atoms with van der Waals surface area (Å²) in [5.74, 6) is -0.165. The highest BCUT2D eigenvalue weighted by Crippen LogP contribution is 2.23. The third-order valence-corrected chi connectivity index (χ3v) is 3.54. The lowest BCUT2D eigenvalue weighted by atomic mass is 9.96. The van der Waals surface area contributed by atoms with E-state index in [2.05, 4.69) is 15.0 Å². The van der Waals surface area contributed by atoms with Gasteiger partial charge in [0.25, 0.3) is 0 Å². The molecular formula is C12H19N5O3. The van der Waals surface area contributed by atoms with E-state index in [9.17, 15) is 10.2 Å². The van der Waals surface area contributed by atoms with Crippen LogP contribution in [0.3, 0.4) is 0 Å². The maximum atomic E-state index is 10.2. The summed E-state index contributed by atoms with van der Waals surface area (Å²) in [6.07, 6.45) is 0.708. The van der Waals surface area contributed by atoms with Crippen molar-refractivity contribution in [3.05, 3.63) is 12.7 Å². The molecule has 0 saturated carbocycles. The number of nitrogens with zero attached hydrogens (tertiary/aromatic N) is 4. The van der Waals surface area contributed by atoms with Gasteiger partial charge in [-0.2, -0.15) is 0 Å². The van der Waals surface area contributed by atoms with Crippen molar-refractivity contribution in [1.29, 1.82) is 0 Å². The van der Waals surface area contributed by atoms with Gasteiger partial charge in [0, 0.05) is 12.5 Å². The normalized spacial score (nSPS) is 17.9. The Labute approximate surface area is 115 Å². The summed E-state index contributed by atoms with van der Waals surface area (Å²) < 4.78 is 1.63. The maximum Gasteiger partial charge on any atom is 0.165 e. The highest BCUT2D eigenvalue weighted by molar-refractivity contribution is 5.81. The number of nitrogen functional groups attached to an aromatic ring is 1. The SMILES string of the molecule is CC(CO)C(O)C(O)C(C)n1cnc2c(N)ncnc21. The van der Waals surface area contributed by atoms with Crippen LogP contribution in [-0.4, -0.2) is 53.7 Å². The van der Waals surface area contributed by atoms with Crippen molar-refractivity contribution in [3.63, 3.8) is 0 Å². The number of aromatic nitrogens is 4. The first-order chi connectivity index (χ1) is 9.47. The van der Waals surface area contributed by atoms with E-state index < -0.39 is 24.2 Å². The van der Waals surface area contributed by atoms with Crippen LogP contribution in [-0.2, 0) is 0 Å². The molecule has 0 aliphatic rings. The molecule has 0 spiro atoms. The maximum absolute atomic E-state index is 10.2. The van der Waals surface area contributed by atoms with Gasteiger partial charge in [-0.15, -0.1) is 0 Å². The molecule has 0 saturated heterocycles. The number of hydrogen-bond acceptors (Lipinski definition) is 7. The summed E-state index contributed by atoms with van der Waals surface area (Å²) in [5, 5.41) is 29.2. The molecular weight excluding hydrogens is 262 g/mol. The Hall–Kier alpha value is -1.77. The number of aliphatic hydroxyl groups excluding tert-OH is 3. The molecule has 20 heavy (non-hydrogen) atoms. The van der Waals surface area contributed by atoms with Gasteiger partial charge in [-0.1, -0.05) is 6.92 Å². The van der Waals surface area contributed by atoms with Crippen molar-refractivity contribution in [2.45, 2.75) is 32.1 Å². The Morgan fingerprint density at radius 2 is 1.90 bits per heavy atom. The van der Waals surface area contributed by atoms with Crippen LogP contribution in [0, 0.1) is 5.92 Å². The van der Waals surface area contributed by atoms with Crippen molar-refractivity contribution in [1.82, 2.24) is 19.5 Å². The van der Waals surface area contributed by atoms with Crippen LogP contribution in [0.2, 0.25) is 0 Å². The highest BCUT2D eigenvalue weighted by Gasteiger charge is 2.29. The van der Waals surface area contributed by atoms with E-state index in [1.54, 1.807) is 18.4 Å². The number of fused-ring (bicyclic) bond motifs is 1. The van der Waals surface area contributed by atoms with E-state index in [1.165, 1.54) is 12.7 Å². The van der Waals surface area contributed by atoms with Gasteiger partial charge in [0.15, 0.2) is 11.5 Å². The lowest BCUT2D eigenvalue weighted by Crippen LogP contribution is -2.39. The molecule has 0 amide bonds. The Morgan fingerprint density at radius 1 is 1.20 bits per heavy atom. The molecule has 2 heterocycles. The van der Waals surface area contributed by atoms with Gasteiger partial charge in [-0.05, 0) is 6.92 Å². The average molecular weight is 281 g/mol. The van der Waals surface area contributed by atoms with Gasteiger partial charge in [0.1, 0.15) is 17.9 Å². The van der Waals surface area contributed by atoms with Crippen molar-refractivity contribution in [2.75, 3.05) is 12.3 Å². The lowest BCUT2D eigenvalue weighted by molar-refractivity contribution is -0.0470. The van der Waals surface area contributed by atoms with E-state index in [4.69, 9.17) is 10.8 Å². The minimum absolute atomic E-state index is 0.204. The van der Waals surface area contributed by atoms with Crippen LogP contribution >= 0.6 is 0 Å². The van der Waals surface area contributed by atoms with Gasteiger partial charge in [-0.3, -0.25) is 0 Å². The standard InChI is InChI=1S/C12H19N5O3/c1-6(3-18)9(19)10(20)7(2)17-5-16-8-11(13)14-4-15-12(8)17/h4-7,9-10,18-20H,3H2,1-2H3,(H2,13,14,15). The minimum atomic E-state index is -1.06. The molecule has 0 fully saturated rings. The summed E-state index contributed by atoms with van der Waals surface area (Å²) >= 11 is 0. The summed E-state index contributed by atoms with van der Waals surface area (Å²) in [6.45, 7) is 3.19. The van der Waals surface area contributed by atoms with Crippen molar-refractivity contribution < 1.29 is 15.3 Å². The Bertz CT molecular complexity index is 587. The lowest BCUT2D eigenvalue weighted by Gasteiger charge is -2.28. The molecule has 4 atom stereocenters. The monoisotopic (exact) mass is 281 g/mol. The van der Waals surface area contributed by atoms with Crippen molar-refractivity contribution >= 4 is 17.0 Å². The highest BCUT2D eigenvalue weighted by atomic mass is 16.3. The summed E-state index contributed by atoms with van der Waals surface area (Å²) in [4.78, 5) is 12.1. The molecule has 110 valence electrons. The number of anilines is 1. The Balaban J connectivity index is 2.32. The quantitative estimate of drug-likeness (QED) is 0.571. The molecule has 8 nitrogen and oxygen atoms in total. The zero-order chi connectivity index (χ0) is 14.9. The molecule has 0 aliphatic carbocycles. The van der Waals surface area contributed by atoms with Gasteiger partial charge >= 0.3 is 0 Å². The molecule has 0 bridgehead atoms. The molecule has 0 aromatic carbocycles. The summed E-state index contributed by atoms with van der Waals surface area (Å²) in [6, 6.07) is -0.474. The predicted octanol–water partition coefficient (Wildman–Crippen LogP) is -0.680. The van der Waals surface area contributed by atoms with Crippen molar-refractivity contribution in [2.24, 2.45) is 5.92 Å². The fraction of sp³-hybridized carbons (Fsp3) is 0.583. The Morgan fingerprint density at radius 3 is 2.55 bits per heavy atom. The fourth-order valence-corrected chi connectivity index (χ4v) is 2.06. The minimum Gasteiger partial charge on any atom is -0.396 e. The third-order valence-electron chi connectivity index (χ3n) is 3.54. The predicted molar refractivity (Wildman–Crippen MR) is 72.7 cm³/mol. The molecule has 2 rings (SSSR count). The molecule has 2 aromatic rings. The second-order valence-electron chi connectivity index (χ2n) is 4.96. The third kappa shape index (κ3) is 2.45. The zero-order valence-corrected chi connectivity index (χ0v) is 11.4. The van der Waals surface area contributed by atoms with Crippen LogP contribution in [0.5, 0.6) is 0 Å². The number of imidazole rings is 1. The van der Waals surface area contributed by atoms with Crippen LogP contribution in [0.1, 0.15) is 19.9 Å². The van der Waals surface area contributed by atoms with E-state index in [1.807, 2.05) is 0 Å². The van der Waals surface area contributed by atoms with Crippen molar-refractivity contribution in [3.8, 4) is 0 Å². The first-order valence-electron chi connectivity index (χ1n) is 6.37. The van der Waals surface area contributed by atoms with Crippen LogP contribution < -0.4 is 5.73 Å². The number of rotatable bonds is 5. The fourth-order valence-electron chi connectivity index (χ4n) is 2.06. The van der Waals surface area contributed by atoms with Crippen LogP contribution in [0.25, 0.3) is 11.2 Å². The second-order valence-corrected chi connectivity index (χ2v) is 4.96. The van der Waals surface area contributed by atoms with Gasteiger partial charge in [0.2, 0.25) is 0 Å². The number of hydrogen-bond donors (Lipinski definition) is 4. The van der Waals surface area contributed by atoms with Crippen LogP contribution in [0.15, 0.2) is 12.7 Å². The zero-order valence-electron chi connectivity index (χ0n) is 11.4. The molecule has 0 aliphatic heterocycles. The molecule has 0 radical (unpaired) electrons. The summed E-state index contributed by atoms with van der Waals surface area (Å²) in [5.41, 5.74) is 6.65. The average Bonchev–Trinajstić information content (AvgIpc) is 2.89. The van der Waals surface area contributed by atoms with Crippen LogP contribution in [0.4, 0.5) is 5.82 Å². The topological polar surface area (TPSA) is 130 Å². The van der Waals surface area contributed by atoms with Gasteiger partial charge in [-0.25, -0.2) is 15.0 Å². The largest absolute Gasteiger partial charge is 0.396 e. The van der Waals surface area contributed by atoms with E-state index >= 15 is 0 Å². The number of aliphatic hydroxyl groups is 3. The number of nitrogens with two attached hydrogens (primary N) is 1. The molecule has 2 aromatic heterocycles. The van der Waals surface area contributed by atoms with E-state index in [-0.39, 0.29) is 12.4 Å². The van der Waals surface area contributed by atoms with E-state index in [0.29, 0.717) is 11.2 Å². The molecule has 8 heteroatoms. The molecule has 4 unspecified atom stereocenters. The van der Waals surface area contributed by atoms with Gasteiger partial charge < -0.3 is 25.6 Å². The smallest absolute Gasteiger partial charge is 0.165 e. The molecule has 5 N–H and O–H groups in total. The first kappa shape index (κ1) is 14.6. The van der Waals surface area contributed by atoms with Gasteiger partial charge in [0.05, 0.1) is 18.5 Å². The Kier molecular flexibility index (Phi) is 4.17.